The van der Waals surface area contributed by atoms with Crippen molar-refractivity contribution in [1.82, 2.24) is 0 Å². The maximum atomic E-state index is 14.0. The monoisotopic (exact) mass is 498 g/mol. The molecule has 0 bridgehead atoms. The summed E-state index contributed by atoms with van der Waals surface area (Å²) in [6.45, 7) is 1.88. The number of benzene rings is 4. The van der Waals surface area contributed by atoms with Gasteiger partial charge in [0.25, 0.3) is 0 Å². The number of ketones is 1. The van der Waals surface area contributed by atoms with Crippen LogP contribution in [0.1, 0.15) is 22.8 Å². The van der Waals surface area contributed by atoms with Gasteiger partial charge in [0.05, 0.1) is 12.1 Å². The van der Waals surface area contributed by atoms with Gasteiger partial charge < -0.3 is 15.3 Å². The first-order chi connectivity index (χ1) is 17.3. The van der Waals surface area contributed by atoms with Gasteiger partial charge in [0, 0.05) is 29.0 Å². The average Bonchev–Trinajstić information content (AvgIpc) is 2.88. The van der Waals surface area contributed by atoms with E-state index in [9.17, 15) is 14.7 Å². The lowest BCUT2D eigenvalue weighted by molar-refractivity contribution is -0.138. The van der Waals surface area contributed by atoms with Crippen LogP contribution in [-0.4, -0.2) is 29.9 Å². The van der Waals surface area contributed by atoms with Crippen LogP contribution in [0.2, 0.25) is 5.02 Å². The molecule has 0 saturated heterocycles. The molecular formula is C30H27ClN2O3. The van der Waals surface area contributed by atoms with Crippen molar-refractivity contribution >= 4 is 45.4 Å². The van der Waals surface area contributed by atoms with Gasteiger partial charge in [-0.25, -0.2) is 0 Å². The van der Waals surface area contributed by atoms with Gasteiger partial charge >= 0.3 is 0 Å². The van der Waals surface area contributed by atoms with Gasteiger partial charge in [-0.15, -0.1) is 0 Å². The Kier molecular flexibility index (Phi) is 6.52. The number of aryl methyl sites for hydroxylation is 1. The number of rotatable bonds is 6. The highest BCUT2D eigenvalue weighted by molar-refractivity contribution is 6.30. The number of amides is 1. The van der Waals surface area contributed by atoms with Gasteiger partial charge in [-0.1, -0.05) is 66.2 Å². The number of fused-ring (bicyclic) bond motifs is 2. The molecule has 3 unspecified atom stereocenters. The Morgan fingerprint density at radius 1 is 1.00 bits per heavy atom. The minimum absolute atomic E-state index is 0.337. The number of nitrogens with one attached hydrogen (secondary N) is 1. The van der Waals surface area contributed by atoms with E-state index in [0.717, 1.165) is 27.6 Å². The molecule has 4 aromatic carbocycles. The smallest absolute Gasteiger partial charge is 0.240 e. The number of carbonyl (C=O) groups is 2. The van der Waals surface area contributed by atoms with E-state index in [2.05, 4.69) is 5.32 Å². The number of carbonyl (C=O) groups excluding carboxylic acids is 2. The van der Waals surface area contributed by atoms with E-state index in [1.165, 1.54) is 4.90 Å². The number of hydrogen-bond acceptors (Lipinski definition) is 4. The first-order valence-electron chi connectivity index (χ1n) is 11.9. The summed E-state index contributed by atoms with van der Waals surface area (Å²) >= 11 is 6.07. The molecule has 2 N–H and O–H groups in total. The third-order valence-electron chi connectivity index (χ3n) is 6.96. The molecule has 1 aliphatic rings. The number of aliphatic hydroxyl groups excluding tert-OH is 1. The zero-order chi connectivity index (χ0) is 25.4. The van der Waals surface area contributed by atoms with Gasteiger partial charge in [-0.05, 0) is 65.6 Å². The minimum Gasteiger partial charge on any atom is -0.387 e. The summed E-state index contributed by atoms with van der Waals surface area (Å²) in [5.41, 5.74) is 3.76. The summed E-state index contributed by atoms with van der Waals surface area (Å²) in [6.07, 6.45) is -0.882. The van der Waals surface area contributed by atoms with Crippen molar-refractivity contribution in [2.75, 3.05) is 17.3 Å². The highest BCUT2D eigenvalue weighted by Crippen LogP contribution is 2.40. The number of Topliss-reactive ketones (excluding diaryl/α,β-unsaturated/α-hetero) is 1. The van der Waals surface area contributed by atoms with Crippen LogP contribution in [0, 0.1) is 12.8 Å². The largest absolute Gasteiger partial charge is 0.387 e. The normalized spacial score (nSPS) is 18.1. The van der Waals surface area contributed by atoms with Gasteiger partial charge in [-0.3, -0.25) is 9.59 Å². The molecule has 1 amide bonds. The molecule has 0 spiro atoms. The van der Waals surface area contributed by atoms with E-state index >= 15 is 0 Å². The molecule has 0 fully saturated rings. The second kappa shape index (κ2) is 9.76. The van der Waals surface area contributed by atoms with Crippen molar-refractivity contribution in [1.29, 1.82) is 0 Å². The summed E-state index contributed by atoms with van der Waals surface area (Å²) in [5, 5.41) is 17.4. The molecule has 0 radical (unpaired) electrons. The topological polar surface area (TPSA) is 69.6 Å². The molecular weight excluding hydrogens is 472 g/mol. The number of nitrogens with zero attached hydrogens (tertiary/aromatic N) is 1. The second-order valence-electron chi connectivity index (χ2n) is 9.32. The molecule has 182 valence electrons. The molecule has 5 nitrogen and oxygen atoms in total. The van der Waals surface area contributed by atoms with Gasteiger partial charge in [0.2, 0.25) is 5.91 Å². The Labute approximate surface area is 215 Å². The molecule has 0 saturated carbocycles. The molecule has 6 heteroatoms. The number of anilines is 2. The predicted molar refractivity (Wildman–Crippen MR) is 145 cm³/mol. The fourth-order valence-corrected chi connectivity index (χ4v) is 5.15. The van der Waals surface area contributed by atoms with E-state index < -0.39 is 24.0 Å². The lowest BCUT2D eigenvalue weighted by Crippen LogP contribution is -2.49. The highest BCUT2D eigenvalue weighted by atomic mass is 35.5. The average molecular weight is 499 g/mol. The van der Waals surface area contributed by atoms with E-state index in [0.29, 0.717) is 22.7 Å². The van der Waals surface area contributed by atoms with Crippen LogP contribution in [0.5, 0.6) is 0 Å². The van der Waals surface area contributed by atoms with Gasteiger partial charge in [-0.2, -0.15) is 0 Å². The second-order valence-corrected chi connectivity index (χ2v) is 9.76. The zero-order valence-electron chi connectivity index (χ0n) is 20.1. The first kappa shape index (κ1) is 24.0. The van der Waals surface area contributed by atoms with Crippen LogP contribution in [0.3, 0.4) is 0 Å². The molecule has 3 atom stereocenters. The molecule has 0 aromatic heterocycles. The quantitative estimate of drug-likeness (QED) is 0.333. The summed E-state index contributed by atoms with van der Waals surface area (Å²) < 4.78 is 0. The Bertz CT molecular complexity index is 1450. The third-order valence-corrected chi connectivity index (χ3v) is 7.22. The zero-order valence-corrected chi connectivity index (χ0v) is 20.9. The number of hydrogen-bond donors (Lipinski definition) is 2. The van der Waals surface area contributed by atoms with Crippen molar-refractivity contribution in [3.8, 4) is 0 Å². The number of halogens is 1. The molecule has 4 aromatic rings. The highest BCUT2D eigenvalue weighted by Gasteiger charge is 2.45. The standard InChI is InChI=1S/C30H27ClN2O3/c1-18-6-5-9-25-26(18)29(35)27(30(36)33(25)2)28(34)24(16-19-10-13-22(31)14-11-19)32-23-15-12-20-7-3-4-8-21(20)17-23/h3-15,17,24,27,29,32,35H,16H2,1-2H3. The van der Waals surface area contributed by atoms with E-state index in [1.54, 1.807) is 25.2 Å². The van der Waals surface area contributed by atoms with Crippen LogP contribution < -0.4 is 10.2 Å². The summed E-state index contributed by atoms with van der Waals surface area (Å²) in [5.74, 6) is -1.97. The van der Waals surface area contributed by atoms with Crippen LogP contribution in [0.15, 0.2) is 84.9 Å². The van der Waals surface area contributed by atoms with Crippen LogP contribution in [0.25, 0.3) is 10.8 Å². The predicted octanol–water partition coefficient (Wildman–Crippen LogP) is 5.72. The Morgan fingerprint density at radius 3 is 2.47 bits per heavy atom. The van der Waals surface area contributed by atoms with Crippen LogP contribution >= 0.6 is 11.6 Å². The van der Waals surface area contributed by atoms with Gasteiger partial charge in [0.1, 0.15) is 5.92 Å². The number of aliphatic hydroxyl groups is 1. The molecule has 36 heavy (non-hydrogen) atoms. The van der Waals surface area contributed by atoms with E-state index in [-0.39, 0.29) is 5.78 Å². The van der Waals surface area contributed by atoms with Crippen molar-refractivity contribution in [3.05, 3.63) is 107 Å². The van der Waals surface area contributed by atoms with Crippen molar-refractivity contribution in [2.45, 2.75) is 25.5 Å². The lowest BCUT2D eigenvalue weighted by Gasteiger charge is -2.37. The van der Waals surface area contributed by atoms with Crippen molar-refractivity contribution in [2.24, 2.45) is 5.92 Å². The summed E-state index contributed by atoms with van der Waals surface area (Å²) in [4.78, 5) is 28.9. The molecule has 1 heterocycles. The van der Waals surface area contributed by atoms with Gasteiger partial charge in [0.15, 0.2) is 5.78 Å². The molecule has 1 aliphatic heterocycles. The first-order valence-corrected chi connectivity index (χ1v) is 12.3. The summed E-state index contributed by atoms with van der Waals surface area (Å²) in [7, 11) is 1.65. The third kappa shape index (κ3) is 4.48. The molecule has 5 rings (SSSR count). The lowest BCUT2D eigenvalue weighted by atomic mass is 9.81. The minimum atomic E-state index is -1.22. The van der Waals surface area contributed by atoms with Crippen LogP contribution in [0.4, 0.5) is 11.4 Å². The Balaban J connectivity index is 1.52. The van der Waals surface area contributed by atoms with Crippen LogP contribution in [-0.2, 0) is 16.0 Å². The Hall–Kier alpha value is -3.67. The summed E-state index contributed by atoms with van der Waals surface area (Å²) in [6, 6.07) is 26.0. The fourth-order valence-electron chi connectivity index (χ4n) is 5.02. The molecule has 0 aliphatic carbocycles. The maximum absolute atomic E-state index is 14.0. The SMILES string of the molecule is Cc1cccc2c1C(O)C(C(=O)C(Cc1ccc(Cl)cc1)Nc1ccc3ccccc3c1)C(=O)N2C. The van der Waals surface area contributed by atoms with E-state index in [1.807, 2.05) is 73.7 Å². The maximum Gasteiger partial charge on any atom is 0.240 e. The van der Waals surface area contributed by atoms with E-state index in [4.69, 9.17) is 11.6 Å². The van der Waals surface area contributed by atoms with Crippen molar-refractivity contribution in [3.63, 3.8) is 0 Å². The fraction of sp³-hybridized carbons (Fsp3) is 0.200. The van der Waals surface area contributed by atoms with Crippen molar-refractivity contribution < 1.29 is 14.7 Å². The Morgan fingerprint density at radius 2 is 1.72 bits per heavy atom.